The van der Waals surface area contributed by atoms with Gasteiger partial charge in [0, 0.05) is 5.56 Å². The Bertz CT molecular complexity index is 391. The number of carboxylic acid groups (broad SMARTS) is 1. The molecule has 0 fully saturated rings. The van der Waals surface area contributed by atoms with Crippen LogP contribution in [0.2, 0.25) is 0 Å². The summed E-state index contributed by atoms with van der Waals surface area (Å²) >= 11 is 0. The van der Waals surface area contributed by atoms with E-state index in [1.165, 1.54) is 0 Å². The number of allylic oxidation sites excluding steroid dienone is 1. The highest BCUT2D eigenvalue weighted by molar-refractivity contribution is 6.17. The van der Waals surface area contributed by atoms with Crippen LogP contribution in [0.5, 0.6) is 0 Å². The quantitative estimate of drug-likeness (QED) is 0.636. The molecule has 1 aromatic rings. The molecule has 3 nitrogen and oxygen atoms in total. The first-order chi connectivity index (χ1) is 6.70. The van der Waals surface area contributed by atoms with Crippen LogP contribution >= 0.6 is 0 Å². The third-order valence-corrected chi connectivity index (χ3v) is 1.94. The third kappa shape index (κ3) is 1.88. The Morgan fingerprint density at radius 1 is 1.29 bits per heavy atom. The van der Waals surface area contributed by atoms with Crippen LogP contribution in [0, 0.1) is 0 Å². The number of benzene rings is 1. The fraction of sp³-hybridized carbons (Fsp3) is 0.0909. The highest BCUT2D eigenvalue weighted by atomic mass is 16.3. The second-order valence-corrected chi connectivity index (χ2v) is 2.85. The van der Waals surface area contributed by atoms with E-state index < -0.39 is 0 Å². The summed E-state index contributed by atoms with van der Waals surface area (Å²) in [5, 5.41) is 6.89. The van der Waals surface area contributed by atoms with E-state index in [0.29, 0.717) is 0 Å². The van der Waals surface area contributed by atoms with E-state index in [2.05, 4.69) is 0 Å². The molecule has 0 spiro atoms. The van der Waals surface area contributed by atoms with Gasteiger partial charge in [-0.1, -0.05) is 24.3 Å². The summed E-state index contributed by atoms with van der Waals surface area (Å²) in [7, 11) is 0. The monoisotopic (exact) mass is 190 g/mol. The molecule has 0 unspecified atom stereocenters. The number of carbonyl (C=O) groups is 2. The second-order valence-electron chi connectivity index (χ2n) is 2.85. The predicted octanol–water partition coefficient (Wildman–Crippen LogP) is 1.99. The molecule has 3 heteroatoms. The largest absolute Gasteiger partial charge is 0.483 e. The zero-order valence-electron chi connectivity index (χ0n) is 7.73. The Hall–Kier alpha value is -1.90. The van der Waals surface area contributed by atoms with E-state index in [-0.39, 0.29) is 12.3 Å². The summed E-state index contributed by atoms with van der Waals surface area (Å²) in [6.07, 6.45) is 1.93. The number of carbonyl (C=O) groups excluding carboxylic acids is 1. The van der Waals surface area contributed by atoms with Gasteiger partial charge in [-0.3, -0.25) is 9.59 Å². The highest BCUT2D eigenvalue weighted by Crippen LogP contribution is 2.23. The SMILES string of the molecule is CC1=Cc2ccccc2C1=O.O=CO. The van der Waals surface area contributed by atoms with E-state index in [4.69, 9.17) is 9.90 Å². The number of rotatable bonds is 0. The van der Waals surface area contributed by atoms with Crippen molar-refractivity contribution >= 4 is 18.3 Å². The number of hydrogen-bond acceptors (Lipinski definition) is 2. The summed E-state index contributed by atoms with van der Waals surface area (Å²) in [6.45, 7) is 1.60. The van der Waals surface area contributed by atoms with Gasteiger partial charge in [0.05, 0.1) is 0 Å². The molecule has 1 aliphatic rings. The Balaban J connectivity index is 0.000000293. The van der Waals surface area contributed by atoms with Gasteiger partial charge < -0.3 is 5.11 Å². The van der Waals surface area contributed by atoms with Crippen molar-refractivity contribution in [3.05, 3.63) is 41.0 Å². The van der Waals surface area contributed by atoms with Crippen LogP contribution in [-0.2, 0) is 4.79 Å². The summed E-state index contributed by atoms with van der Waals surface area (Å²) in [4.78, 5) is 19.7. The van der Waals surface area contributed by atoms with Crippen molar-refractivity contribution in [2.45, 2.75) is 6.92 Å². The van der Waals surface area contributed by atoms with Crippen molar-refractivity contribution in [2.24, 2.45) is 0 Å². The zero-order valence-corrected chi connectivity index (χ0v) is 7.73. The van der Waals surface area contributed by atoms with Gasteiger partial charge in [-0.05, 0) is 24.1 Å². The number of fused-ring (bicyclic) bond motifs is 1. The van der Waals surface area contributed by atoms with Gasteiger partial charge in [-0.2, -0.15) is 0 Å². The molecule has 0 radical (unpaired) electrons. The lowest BCUT2D eigenvalue weighted by Crippen LogP contribution is -1.94. The van der Waals surface area contributed by atoms with E-state index >= 15 is 0 Å². The average molecular weight is 190 g/mol. The maximum absolute atomic E-state index is 11.3. The fourth-order valence-electron chi connectivity index (χ4n) is 1.34. The van der Waals surface area contributed by atoms with E-state index in [1.54, 1.807) is 0 Å². The summed E-state index contributed by atoms with van der Waals surface area (Å²) in [5.74, 6) is 0.167. The fourth-order valence-corrected chi connectivity index (χ4v) is 1.34. The Morgan fingerprint density at radius 2 is 1.86 bits per heavy atom. The molecule has 0 amide bonds. The number of hydrogen-bond donors (Lipinski definition) is 1. The lowest BCUT2D eigenvalue weighted by atomic mass is 10.1. The third-order valence-electron chi connectivity index (χ3n) is 1.94. The predicted molar refractivity (Wildman–Crippen MR) is 53.1 cm³/mol. The van der Waals surface area contributed by atoms with Crippen molar-refractivity contribution in [2.75, 3.05) is 0 Å². The Morgan fingerprint density at radius 3 is 2.43 bits per heavy atom. The molecular weight excluding hydrogens is 180 g/mol. The first kappa shape index (κ1) is 10.2. The first-order valence-corrected chi connectivity index (χ1v) is 4.10. The van der Waals surface area contributed by atoms with Crippen molar-refractivity contribution in [1.82, 2.24) is 0 Å². The molecule has 1 aromatic carbocycles. The maximum atomic E-state index is 11.3. The zero-order chi connectivity index (χ0) is 10.6. The molecule has 0 saturated heterocycles. The lowest BCUT2D eigenvalue weighted by molar-refractivity contribution is -0.122. The highest BCUT2D eigenvalue weighted by Gasteiger charge is 2.17. The minimum absolute atomic E-state index is 0.167. The van der Waals surface area contributed by atoms with Gasteiger partial charge in [-0.25, -0.2) is 0 Å². The van der Waals surface area contributed by atoms with Crippen molar-refractivity contribution in [3.8, 4) is 0 Å². The first-order valence-electron chi connectivity index (χ1n) is 4.10. The molecule has 0 bridgehead atoms. The normalized spacial score (nSPS) is 12.4. The summed E-state index contributed by atoms with van der Waals surface area (Å²) < 4.78 is 0. The smallest absolute Gasteiger partial charge is 0.290 e. The van der Waals surface area contributed by atoms with Gasteiger partial charge >= 0.3 is 0 Å². The van der Waals surface area contributed by atoms with Crippen molar-refractivity contribution in [1.29, 1.82) is 0 Å². The second kappa shape index (κ2) is 4.37. The molecule has 0 atom stereocenters. The summed E-state index contributed by atoms with van der Waals surface area (Å²) in [5.41, 5.74) is 2.73. The molecule has 1 aliphatic carbocycles. The lowest BCUT2D eigenvalue weighted by Gasteiger charge is -1.93. The van der Waals surface area contributed by atoms with Gasteiger partial charge in [0.15, 0.2) is 5.78 Å². The number of Topliss-reactive ketones (excluding diaryl/α,β-unsaturated/α-hetero) is 1. The standard InChI is InChI=1S/C10H8O.CH2O2/c1-7-6-8-4-2-3-5-9(8)10(7)11;2-1-3/h2-6H,1H3;1H,(H,2,3). The topological polar surface area (TPSA) is 54.4 Å². The van der Waals surface area contributed by atoms with Crippen LogP contribution in [-0.4, -0.2) is 17.4 Å². The molecule has 0 saturated carbocycles. The molecule has 0 aliphatic heterocycles. The van der Waals surface area contributed by atoms with Crippen LogP contribution in [0.1, 0.15) is 22.8 Å². The molecule has 0 aromatic heterocycles. The van der Waals surface area contributed by atoms with E-state index in [0.717, 1.165) is 16.7 Å². The molecule has 2 rings (SSSR count). The van der Waals surface area contributed by atoms with Crippen LogP contribution in [0.25, 0.3) is 6.08 Å². The van der Waals surface area contributed by atoms with E-state index in [1.807, 2.05) is 37.3 Å². The minimum atomic E-state index is -0.250. The van der Waals surface area contributed by atoms with Crippen LogP contribution in [0.15, 0.2) is 29.8 Å². The summed E-state index contributed by atoms with van der Waals surface area (Å²) in [6, 6.07) is 7.67. The average Bonchev–Trinajstić information content (AvgIpc) is 2.45. The maximum Gasteiger partial charge on any atom is 0.290 e. The Kier molecular flexibility index (Phi) is 3.18. The minimum Gasteiger partial charge on any atom is -0.483 e. The molecule has 72 valence electrons. The molecule has 0 heterocycles. The molecular formula is C11H10O3. The van der Waals surface area contributed by atoms with Gasteiger partial charge in [0.25, 0.3) is 6.47 Å². The van der Waals surface area contributed by atoms with E-state index in [9.17, 15) is 4.79 Å². The van der Waals surface area contributed by atoms with Crippen molar-refractivity contribution in [3.63, 3.8) is 0 Å². The van der Waals surface area contributed by atoms with Crippen molar-refractivity contribution < 1.29 is 14.7 Å². The molecule has 14 heavy (non-hydrogen) atoms. The van der Waals surface area contributed by atoms with Gasteiger partial charge in [0.2, 0.25) is 0 Å². The van der Waals surface area contributed by atoms with Crippen LogP contribution in [0.4, 0.5) is 0 Å². The van der Waals surface area contributed by atoms with Crippen LogP contribution in [0.3, 0.4) is 0 Å². The van der Waals surface area contributed by atoms with Gasteiger partial charge in [0.1, 0.15) is 0 Å². The number of ketones is 1. The van der Waals surface area contributed by atoms with Crippen LogP contribution < -0.4 is 0 Å². The van der Waals surface area contributed by atoms with Gasteiger partial charge in [-0.15, -0.1) is 0 Å². The molecule has 1 N–H and O–H groups in total. The Labute approximate surface area is 81.7 Å².